The molecule has 0 atom stereocenters. The Morgan fingerprint density at radius 3 is 2.25 bits per heavy atom. The summed E-state index contributed by atoms with van der Waals surface area (Å²) in [5.41, 5.74) is 12.2. The van der Waals surface area contributed by atoms with Crippen molar-refractivity contribution < 1.29 is 4.79 Å². The fourth-order valence-corrected chi connectivity index (χ4v) is 4.03. The number of pyridine rings is 2. The van der Waals surface area contributed by atoms with Gasteiger partial charge in [0.05, 0.1) is 5.52 Å². The number of anilines is 6. The van der Waals surface area contributed by atoms with Gasteiger partial charge >= 0.3 is 0 Å². The molecule has 5 rings (SSSR count). The first-order valence-electron chi connectivity index (χ1n) is 11.3. The quantitative estimate of drug-likeness (QED) is 0.204. The number of rotatable bonds is 6. The van der Waals surface area contributed by atoms with E-state index in [-0.39, 0.29) is 5.91 Å². The first-order valence-corrected chi connectivity index (χ1v) is 11.6. The summed E-state index contributed by atoms with van der Waals surface area (Å²) in [7, 11) is 0. The van der Waals surface area contributed by atoms with Crippen LogP contribution >= 0.6 is 11.6 Å². The van der Waals surface area contributed by atoms with Crippen molar-refractivity contribution in [3.63, 3.8) is 0 Å². The van der Waals surface area contributed by atoms with Crippen molar-refractivity contribution in [3.8, 4) is 0 Å². The number of halogens is 1. The summed E-state index contributed by atoms with van der Waals surface area (Å²) in [5, 5.41) is 11.2. The van der Waals surface area contributed by atoms with E-state index < -0.39 is 0 Å². The smallest absolute Gasteiger partial charge is 0.255 e. The molecule has 8 heteroatoms. The van der Waals surface area contributed by atoms with E-state index >= 15 is 0 Å². The van der Waals surface area contributed by atoms with E-state index in [9.17, 15) is 4.79 Å². The van der Waals surface area contributed by atoms with Gasteiger partial charge in [-0.25, -0.2) is 4.98 Å². The van der Waals surface area contributed by atoms with Crippen LogP contribution in [0, 0.1) is 6.92 Å². The van der Waals surface area contributed by atoms with E-state index in [4.69, 9.17) is 17.3 Å². The Bertz CT molecular complexity index is 1530. The molecule has 0 aliphatic carbocycles. The van der Waals surface area contributed by atoms with Crippen LogP contribution in [0.25, 0.3) is 10.9 Å². The second kappa shape index (κ2) is 9.93. The maximum Gasteiger partial charge on any atom is 0.255 e. The molecular weight excluding hydrogens is 472 g/mol. The molecule has 0 aliphatic heterocycles. The van der Waals surface area contributed by atoms with Gasteiger partial charge < -0.3 is 21.7 Å². The van der Waals surface area contributed by atoms with Gasteiger partial charge in [0.2, 0.25) is 0 Å². The topological polar surface area (TPSA) is 105 Å². The Balaban J connectivity index is 1.23. The number of carbonyl (C=O) groups excluding carboxylic acids is 1. The average molecular weight is 495 g/mol. The standard InChI is InChI=1S/C28H23ClN6O/c1-17-14-23(16-27(30)32-17)33-20-7-9-22(10-8-20)35-28(36)18-2-5-21(6-3-18)34-26-12-13-31-25-11-4-19(29)15-24(25)26/h2-16H,1H3,(H,31,34)(H,35,36)(H3,30,32,33). The Morgan fingerprint density at radius 1 is 0.806 bits per heavy atom. The van der Waals surface area contributed by atoms with Crippen LogP contribution in [0.4, 0.5) is 34.3 Å². The predicted octanol–water partition coefficient (Wildman–Crippen LogP) is 6.91. The van der Waals surface area contributed by atoms with E-state index in [0.29, 0.717) is 22.1 Å². The minimum absolute atomic E-state index is 0.194. The molecule has 2 aromatic heterocycles. The fourth-order valence-electron chi connectivity index (χ4n) is 3.86. The lowest BCUT2D eigenvalue weighted by Crippen LogP contribution is -2.11. The molecule has 0 saturated heterocycles. The van der Waals surface area contributed by atoms with Crippen LogP contribution in [-0.2, 0) is 0 Å². The first kappa shape index (κ1) is 23.1. The first-order chi connectivity index (χ1) is 17.4. The molecule has 7 nitrogen and oxygen atoms in total. The number of hydrogen-bond donors (Lipinski definition) is 4. The lowest BCUT2D eigenvalue weighted by atomic mass is 10.1. The average Bonchev–Trinajstić information content (AvgIpc) is 2.85. The van der Waals surface area contributed by atoms with Gasteiger partial charge in [-0.1, -0.05) is 11.6 Å². The molecular formula is C28H23ClN6O. The maximum atomic E-state index is 12.8. The maximum absolute atomic E-state index is 12.8. The fraction of sp³-hybridized carbons (Fsp3) is 0.0357. The molecule has 3 aromatic carbocycles. The molecule has 36 heavy (non-hydrogen) atoms. The van der Waals surface area contributed by atoms with Gasteiger partial charge in [0.25, 0.3) is 5.91 Å². The van der Waals surface area contributed by atoms with Gasteiger partial charge in [0.1, 0.15) is 5.82 Å². The van der Waals surface area contributed by atoms with Gasteiger partial charge in [0, 0.05) is 62.4 Å². The molecule has 0 bridgehead atoms. The molecule has 0 saturated carbocycles. The van der Waals surface area contributed by atoms with Gasteiger partial charge in [-0.2, -0.15) is 0 Å². The van der Waals surface area contributed by atoms with Crippen LogP contribution in [0.1, 0.15) is 16.1 Å². The number of nitrogen functional groups attached to an aromatic ring is 1. The zero-order valence-electron chi connectivity index (χ0n) is 19.4. The monoisotopic (exact) mass is 494 g/mol. The summed E-state index contributed by atoms with van der Waals surface area (Å²) in [6.07, 6.45) is 1.74. The summed E-state index contributed by atoms with van der Waals surface area (Å²) < 4.78 is 0. The van der Waals surface area contributed by atoms with Gasteiger partial charge in [-0.15, -0.1) is 0 Å². The number of aryl methyl sites for hydroxylation is 1. The highest BCUT2D eigenvalue weighted by Gasteiger charge is 2.08. The van der Waals surface area contributed by atoms with E-state index in [1.54, 1.807) is 24.4 Å². The molecule has 2 heterocycles. The van der Waals surface area contributed by atoms with Crippen LogP contribution in [0.5, 0.6) is 0 Å². The van der Waals surface area contributed by atoms with Crippen LogP contribution in [0.15, 0.2) is 91.1 Å². The third-order valence-electron chi connectivity index (χ3n) is 5.53. The molecule has 5 N–H and O–H groups in total. The molecule has 178 valence electrons. The van der Waals surface area contributed by atoms with Crippen molar-refractivity contribution in [2.24, 2.45) is 0 Å². The van der Waals surface area contributed by atoms with Gasteiger partial charge in [-0.05, 0) is 85.8 Å². The van der Waals surface area contributed by atoms with Crippen molar-refractivity contribution in [1.82, 2.24) is 9.97 Å². The minimum atomic E-state index is -0.194. The molecule has 0 radical (unpaired) electrons. The van der Waals surface area contributed by atoms with Crippen molar-refractivity contribution in [1.29, 1.82) is 0 Å². The van der Waals surface area contributed by atoms with E-state index in [1.807, 2.05) is 73.7 Å². The molecule has 1 amide bonds. The predicted molar refractivity (Wildman–Crippen MR) is 148 cm³/mol. The SMILES string of the molecule is Cc1cc(Nc2ccc(NC(=O)c3ccc(Nc4ccnc5ccc(Cl)cc45)cc3)cc2)cc(N)n1. The minimum Gasteiger partial charge on any atom is -0.384 e. The van der Waals surface area contributed by atoms with Crippen molar-refractivity contribution >= 4 is 62.7 Å². The molecule has 0 spiro atoms. The summed E-state index contributed by atoms with van der Waals surface area (Å²) in [6, 6.07) is 25.9. The highest BCUT2D eigenvalue weighted by atomic mass is 35.5. The van der Waals surface area contributed by atoms with Crippen LogP contribution in [-0.4, -0.2) is 15.9 Å². The molecule has 0 aliphatic rings. The number of amides is 1. The number of benzene rings is 3. The summed E-state index contributed by atoms with van der Waals surface area (Å²) >= 11 is 6.16. The number of nitrogens with one attached hydrogen (secondary N) is 3. The number of hydrogen-bond acceptors (Lipinski definition) is 6. The zero-order valence-corrected chi connectivity index (χ0v) is 20.2. The number of aromatic nitrogens is 2. The highest BCUT2D eigenvalue weighted by Crippen LogP contribution is 2.28. The third kappa shape index (κ3) is 5.37. The van der Waals surface area contributed by atoms with Gasteiger partial charge in [0.15, 0.2) is 0 Å². The lowest BCUT2D eigenvalue weighted by molar-refractivity contribution is 0.102. The molecule has 5 aromatic rings. The summed E-state index contributed by atoms with van der Waals surface area (Å²) in [5.74, 6) is 0.266. The molecule has 0 fully saturated rings. The van der Waals surface area contributed by atoms with E-state index in [0.717, 1.165) is 39.3 Å². The third-order valence-corrected chi connectivity index (χ3v) is 5.77. The normalized spacial score (nSPS) is 10.7. The van der Waals surface area contributed by atoms with E-state index in [2.05, 4.69) is 25.9 Å². The highest BCUT2D eigenvalue weighted by molar-refractivity contribution is 6.31. The largest absolute Gasteiger partial charge is 0.384 e. The summed E-state index contributed by atoms with van der Waals surface area (Å²) in [6.45, 7) is 1.89. The van der Waals surface area contributed by atoms with Crippen molar-refractivity contribution in [2.45, 2.75) is 6.92 Å². The Morgan fingerprint density at radius 2 is 1.50 bits per heavy atom. The van der Waals surface area contributed by atoms with E-state index in [1.165, 1.54) is 0 Å². The van der Waals surface area contributed by atoms with Crippen LogP contribution < -0.4 is 21.7 Å². The Hall–Kier alpha value is -4.62. The second-order valence-electron chi connectivity index (χ2n) is 8.30. The van der Waals surface area contributed by atoms with Gasteiger partial charge in [-0.3, -0.25) is 9.78 Å². The second-order valence-corrected chi connectivity index (χ2v) is 8.74. The number of carbonyl (C=O) groups is 1. The lowest BCUT2D eigenvalue weighted by Gasteiger charge is -2.11. The van der Waals surface area contributed by atoms with Crippen LogP contribution in [0.2, 0.25) is 5.02 Å². The Labute approximate surface area is 213 Å². The Kier molecular flexibility index (Phi) is 6.38. The summed E-state index contributed by atoms with van der Waals surface area (Å²) in [4.78, 5) is 21.3. The zero-order chi connectivity index (χ0) is 25.1. The number of fused-ring (bicyclic) bond motifs is 1. The molecule has 0 unspecified atom stereocenters. The number of nitrogens with two attached hydrogens (primary N) is 1. The van der Waals surface area contributed by atoms with Crippen molar-refractivity contribution in [3.05, 3.63) is 107 Å². The van der Waals surface area contributed by atoms with Crippen molar-refractivity contribution in [2.75, 3.05) is 21.7 Å². The van der Waals surface area contributed by atoms with Crippen LogP contribution in [0.3, 0.4) is 0 Å². The number of nitrogens with zero attached hydrogens (tertiary/aromatic N) is 2.